The summed E-state index contributed by atoms with van der Waals surface area (Å²) in [6.45, 7) is -0.213. The molecule has 1 aromatic carbocycles. The molecule has 0 aliphatic carbocycles. The Hall–Kier alpha value is -2.15. The van der Waals surface area contributed by atoms with Crippen LogP contribution < -0.4 is 5.32 Å². The number of halogens is 1. The molecular formula is C9H8ClN5O2. The topological polar surface area (TPSA) is 92.9 Å². The van der Waals surface area contributed by atoms with Crippen LogP contribution in [0.1, 0.15) is 0 Å². The molecule has 0 saturated heterocycles. The van der Waals surface area contributed by atoms with Gasteiger partial charge in [-0.3, -0.25) is 4.79 Å². The number of aliphatic carboxylic acids is 1. The second-order valence-corrected chi connectivity index (χ2v) is 3.60. The molecule has 17 heavy (non-hydrogen) atoms. The number of benzene rings is 1. The van der Waals surface area contributed by atoms with Crippen LogP contribution >= 0.6 is 11.6 Å². The third kappa shape index (κ3) is 2.70. The molecule has 88 valence electrons. The van der Waals surface area contributed by atoms with E-state index in [0.29, 0.717) is 16.4 Å². The van der Waals surface area contributed by atoms with Crippen LogP contribution in [0.4, 0.5) is 5.69 Å². The molecule has 2 rings (SSSR count). The number of anilines is 1. The van der Waals surface area contributed by atoms with Gasteiger partial charge in [0.2, 0.25) is 0 Å². The molecule has 0 radical (unpaired) electrons. The van der Waals surface area contributed by atoms with E-state index in [1.165, 1.54) is 11.0 Å². The monoisotopic (exact) mass is 253 g/mol. The molecule has 0 spiro atoms. The highest BCUT2D eigenvalue weighted by molar-refractivity contribution is 6.31. The first-order valence-corrected chi connectivity index (χ1v) is 5.03. The van der Waals surface area contributed by atoms with Crippen LogP contribution in [0.15, 0.2) is 24.5 Å². The van der Waals surface area contributed by atoms with Crippen molar-refractivity contribution in [1.82, 2.24) is 20.2 Å². The molecule has 0 unspecified atom stereocenters. The van der Waals surface area contributed by atoms with Gasteiger partial charge in [0.25, 0.3) is 0 Å². The van der Waals surface area contributed by atoms with Gasteiger partial charge in [-0.2, -0.15) is 4.68 Å². The summed E-state index contributed by atoms with van der Waals surface area (Å²) in [5.74, 6) is -0.965. The van der Waals surface area contributed by atoms with Crippen molar-refractivity contribution in [3.8, 4) is 5.69 Å². The quantitative estimate of drug-likeness (QED) is 0.838. The van der Waals surface area contributed by atoms with Crippen molar-refractivity contribution in [2.75, 3.05) is 11.9 Å². The molecule has 0 bridgehead atoms. The maximum atomic E-state index is 10.5. The molecule has 0 saturated carbocycles. The van der Waals surface area contributed by atoms with Gasteiger partial charge < -0.3 is 10.4 Å². The lowest BCUT2D eigenvalue weighted by Gasteiger charge is -2.09. The lowest BCUT2D eigenvalue weighted by Crippen LogP contribution is -2.14. The van der Waals surface area contributed by atoms with E-state index in [4.69, 9.17) is 16.7 Å². The second kappa shape index (κ2) is 4.79. The van der Waals surface area contributed by atoms with Crippen LogP contribution in [0, 0.1) is 0 Å². The maximum absolute atomic E-state index is 10.5. The number of rotatable bonds is 4. The molecule has 2 N–H and O–H groups in total. The Kier molecular flexibility index (Phi) is 3.20. The largest absolute Gasteiger partial charge is 0.480 e. The fourth-order valence-corrected chi connectivity index (χ4v) is 1.46. The zero-order chi connectivity index (χ0) is 12.3. The van der Waals surface area contributed by atoms with Gasteiger partial charge in [-0.15, -0.1) is 5.10 Å². The Labute approximate surface area is 101 Å². The van der Waals surface area contributed by atoms with E-state index in [0.717, 1.165) is 0 Å². The zero-order valence-electron chi connectivity index (χ0n) is 8.54. The number of carboxylic acid groups (broad SMARTS) is 1. The standard InChI is InChI=1S/C9H8ClN5O2/c10-6-1-2-8(15-5-12-13-14-15)7(3-6)11-4-9(16)17/h1-3,5,11H,4H2,(H,16,17). The summed E-state index contributed by atoms with van der Waals surface area (Å²) < 4.78 is 1.42. The molecular weight excluding hydrogens is 246 g/mol. The lowest BCUT2D eigenvalue weighted by molar-refractivity contribution is -0.134. The Morgan fingerprint density at radius 3 is 3.00 bits per heavy atom. The Bertz CT molecular complexity index is 528. The minimum absolute atomic E-state index is 0.213. The predicted octanol–water partition coefficient (Wildman–Crippen LogP) is 0.812. The summed E-state index contributed by atoms with van der Waals surface area (Å²) in [6.07, 6.45) is 1.41. The lowest BCUT2D eigenvalue weighted by atomic mass is 10.2. The van der Waals surface area contributed by atoms with Crippen LogP contribution in [-0.2, 0) is 4.79 Å². The Balaban J connectivity index is 2.34. The number of aromatic nitrogens is 4. The van der Waals surface area contributed by atoms with Crippen molar-refractivity contribution >= 4 is 23.3 Å². The number of nitrogens with zero attached hydrogens (tertiary/aromatic N) is 4. The van der Waals surface area contributed by atoms with Crippen LogP contribution in [0.25, 0.3) is 5.69 Å². The molecule has 7 nitrogen and oxygen atoms in total. The van der Waals surface area contributed by atoms with Crippen LogP contribution in [0.5, 0.6) is 0 Å². The number of carbonyl (C=O) groups is 1. The van der Waals surface area contributed by atoms with Gasteiger partial charge in [0.05, 0.1) is 11.4 Å². The first-order chi connectivity index (χ1) is 8.16. The number of hydrogen-bond donors (Lipinski definition) is 2. The summed E-state index contributed by atoms with van der Waals surface area (Å²) in [4.78, 5) is 10.5. The fraction of sp³-hybridized carbons (Fsp3) is 0.111. The van der Waals surface area contributed by atoms with E-state index >= 15 is 0 Å². The van der Waals surface area contributed by atoms with Crippen LogP contribution in [0.2, 0.25) is 5.02 Å². The Morgan fingerprint density at radius 1 is 1.53 bits per heavy atom. The first kappa shape index (κ1) is 11.3. The molecule has 2 aromatic rings. The third-order valence-corrected chi connectivity index (χ3v) is 2.22. The number of hydrogen-bond acceptors (Lipinski definition) is 5. The maximum Gasteiger partial charge on any atom is 0.322 e. The van der Waals surface area contributed by atoms with Crippen molar-refractivity contribution in [3.05, 3.63) is 29.5 Å². The smallest absolute Gasteiger partial charge is 0.322 e. The summed E-state index contributed by atoms with van der Waals surface area (Å²) in [5, 5.41) is 22.6. The number of carboxylic acids is 1. The summed E-state index contributed by atoms with van der Waals surface area (Å²) in [7, 11) is 0. The van der Waals surface area contributed by atoms with Crippen molar-refractivity contribution in [2.24, 2.45) is 0 Å². The van der Waals surface area contributed by atoms with Gasteiger partial charge in [-0.25, -0.2) is 0 Å². The predicted molar refractivity (Wildman–Crippen MR) is 60.3 cm³/mol. The van der Waals surface area contributed by atoms with E-state index in [9.17, 15) is 4.79 Å². The van der Waals surface area contributed by atoms with Crippen molar-refractivity contribution in [3.63, 3.8) is 0 Å². The molecule has 0 aliphatic heterocycles. The average Bonchev–Trinajstić information content (AvgIpc) is 2.80. The zero-order valence-corrected chi connectivity index (χ0v) is 9.29. The van der Waals surface area contributed by atoms with Gasteiger partial charge in [-0.05, 0) is 28.6 Å². The van der Waals surface area contributed by atoms with E-state index < -0.39 is 5.97 Å². The number of tetrazole rings is 1. The first-order valence-electron chi connectivity index (χ1n) is 4.65. The third-order valence-electron chi connectivity index (χ3n) is 1.98. The molecule has 1 heterocycles. The summed E-state index contributed by atoms with van der Waals surface area (Å²) in [6, 6.07) is 4.98. The normalized spacial score (nSPS) is 10.2. The van der Waals surface area contributed by atoms with Crippen LogP contribution in [-0.4, -0.2) is 37.8 Å². The van der Waals surface area contributed by atoms with Crippen molar-refractivity contribution < 1.29 is 9.90 Å². The SMILES string of the molecule is O=C(O)CNc1cc(Cl)ccc1-n1cnnn1. The highest BCUT2D eigenvalue weighted by Gasteiger charge is 2.07. The van der Waals surface area contributed by atoms with Crippen molar-refractivity contribution in [1.29, 1.82) is 0 Å². The van der Waals surface area contributed by atoms with Gasteiger partial charge in [0, 0.05) is 5.02 Å². The molecule has 0 atom stereocenters. The van der Waals surface area contributed by atoms with Gasteiger partial charge >= 0.3 is 5.97 Å². The van der Waals surface area contributed by atoms with E-state index in [1.807, 2.05) is 0 Å². The van der Waals surface area contributed by atoms with Gasteiger partial charge in [0.15, 0.2) is 0 Å². The number of nitrogens with one attached hydrogen (secondary N) is 1. The molecule has 0 fully saturated rings. The van der Waals surface area contributed by atoms with Gasteiger partial charge in [0.1, 0.15) is 12.9 Å². The summed E-state index contributed by atoms with van der Waals surface area (Å²) >= 11 is 5.85. The van der Waals surface area contributed by atoms with E-state index in [1.54, 1.807) is 18.2 Å². The molecule has 8 heteroatoms. The molecule has 0 amide bonds. The van der Waals surface area contributed by atoms with E-state index in [-0.39, 0.29) is 6.54 Å². The van der Waals surface area contributed by atoms with Crippen LogP contribution in [0.3, 0.4) is 0 Å². The molecule has 0 aliphatic rings. The molecule has 1 aromatic heterocycles. The Morgan fingerprint density at radius 2 is 2.35 bits per heavy atom. The summed E-state index contributed by atoms with van der Waals surface area (Å²) in [5.41, 5.74) is 1.17. The van der Waals surface area contributed by atoms with Gasteiger partial charge in [-0.1, -0.05) is 11.6 Å². The van der Waals surface area contributed by atoms with Crippen molar-refractivity contribution in [2.45, 2.75) is 0 Å². The highest BCUT2D eigenvalue weighted by Crippen LogP contribution is 2.23. The minimum atomic E-state index is -0.965. The van der Waals surface area contributed by atoms with E-state index in [2.05, 4.69) is 20.8 Å². The fourth-order valence-electron chi connectivity index (χ4n) is 1.29. The second-order valence-electron chi connectivity index (χ2n) is 3.16. The minimum Gasteiger partial charge on any atom is -0.480 e. The average molecular weight is 254 g/mol. The highest BCUT2D eigenvalue weighted by atomic mass is 35.5.